The van der Waals surface area contributed by atoms with E-state index < -0.39 is 158 Å². The summed E-state index contributed by atoms with van der Waals surface area (Å²) in [4.78, 5) is 106. The third kappa shape index (κ3) is 16.5. The van der Waals surface area contributed by atoms with Crippen LogP contribution in [-0.4, -0.2) is 214 Å². The predicted octanol–water partition coefficient (Wildman–Crippen LogP) is -0.378. The normalized spacial score (nSPS) is 25.9. The molecule has 31 heteroatoms. The molecule has 4 aromatic carbocycles. The van der Waals surface area contributed by atoms with Crippen molar-refractivity contribution in [3.63, 3.8) is 0 Å². The first-order valence-corrected chi connectivity index (χ1v) is 31.5. The van der Waals surface area contributed by atoms with E-state index in [0.29, 0.717) is 21.5 Å². The molecule has 4 aliphatic heterocycles. The Balaban J connectivity index is 0.959. The van der Waals surface area contributed by atoms with Crippen molar-refractivity contribution in [1.29, 1.82) is 0 Å². The number of phenols is 1. The summed E-state index contributed by atoms with van der Waals surface area (Å²) in [6.45, 7) is 2.74. The van der Waals surface area contributed by atoms with E-state index in [-0.39, 0.29) is 48.7 Å². The summed E-state index contributed by atoms with van der Waals surface area (Å²) in [5, 5.41) is 113. The number of piperidine rings is 1. The first-order valence-electron chi connectivity index (χ1n) is 30.0. The summed E-state index contributed by atoms with van der Waals surface area (Å²) >= 11 is 1.42. The van der Waals surface area contributed by atoms with E-state index in [1.165, 1.54) is 48.1 Å². The molecule has 0 bridgehead atoms. The summed E-state index contributed by atoms with van der Waals surface area (Å²) in [5.74, 6) is -8.77. The van der Waals surface area contributed by atoms with E-state index in [4.69, 9.17) is 15.2 Å². The molecule has 0 aliphatic carbocycles. The molecule has 4 fully saturated rings. The number of carbonyl (C=O) groups is 7. The quantitative estimate of drug-likeness (QED) is 0.0244. The number of nitrogens with one attached hydrogen (secondary N) is 5. The number of aliphatic hydroxyl groups excluding tert-OH is 6. The molecule has 13 atom stereocenters. The number of amides is 7. The number of fused-ring (bicyclic) bond motifs is 2. The molecule has 9 rings (SSSR count). The number of anilines is 1. The minimum Gasteiger partial charge on any atom is -0.504 e. The standard InChI is InChI=1S/C61H75N11O18S2/c1-31-29-72-51(52(31)79)57(84)63-28-40(74)26-42(64-53(80)36-9-11-37(12-10-36)58-68-69-59(91-58)38-13-15-39(16-14-38)70-22-19-35(20-23-70)34-6-4-3-5-7-34)54(81)65-48(32(2)73)60(85)71-30-41(75)27-43(71)55(82)66-49(56(83)67-50(61(72)86)45(77)18-21-62)46(78)24-33-8-17-44(76)47(25-33)88-92-90-89-87/h3-17,25,31-32,35,40-43,45-46,48-52,73-79,87H,18-24,26-30,62H2,1-2H3,(H,63,84)(H,64,80)(H,65,81)(H,66,82)(H,67,83)/t31-,32+,40+,41+,42+,43+,45-,46-,48+,49+,50+,51+,52+/m1/s1. The number of carbonyl (C=O) groups excluding carboxylic acids is 7. The van der Waals surface area contributed by atoms with E-state index >= 15 is 0 Å². The van der Waals surface area contributed by atoms with Gasteiger partial charge in [-0.15, -0.1) is 10.2 Å². The SMILES string of the molecule is C[C@H](O)[C@@H]1NC(=O)[C@@H](NC(=O)c2ccc(-c3nnc(-c4ccc(N5CCC(c6ccccc6)CC5)cc4)s3)cc2)C[C@H](O)CNC(=O)[C@@H]2[C@@H](O)[C@H](C)CN2C(=O)[C@H]([C@H](O)CCN)NC(=O)[C@H]([C@H](O)Cc2ccc(O)c(OSOOO)c2)NC(=O)[C@@H]2C[C@H](O)CN2C1=O. The molecular formula is C61H75N11O18S2. The van der Waals surface area contributed by atoms with Gasteiger partial charge in [0, 0.05) is 80.3 Å². The van der Waals surface area contributed by atoms with Crippen LogP contribution in [-0.2, 0) is 44.6 Å². The van der Waals surface area contributed by atoms with Gasteiger partial charge in [-0.25, -0.2) is 5.26 Å². The van der Waals surface area contributed by atoms with Crippen molar-refractivity contribution in [2.75, 3.05) is 44.2 Å². The lowest BCUT2D eigenvalue weighted by Crippen LogP contribution is -2.64. The highest BCUT2D eigenvalue weighted by molar-refractivity contribution is 7.90. The van der Waals surface area contributed by atoms with Crippen molar-refractivity contribution < 1.29 is 88.1 Å². The predicted molar refractivity (Wildman–Crippen MR) is 331 cm³/mol. The Morgan fingerprint density at radius 2 is 1.40 bits per heavy atom. The summed E-state index contributed by atoms with van der Waals surface area (Å²) in [6, 6.07) is 17.3. The van der Waals surface area contributed by atoms with Crippen molar-refractivity contribution in [3.8, 4) is 32.6 Å². The maximum atomic E-state index is 14.7. The number of hydrogen-bond acceptors (Lipinski definition) is 24. The third-order valence-corrected chi connectivity index (χ3v) is 18.3. The van der Waals surface area contributed by atoms with Gasteiger partial charge in [0.1, 0.15) is 46.3 Å². The number of benzene rings is 4. The number of aromatic nitrogens is 2. The van der Waals surface area contributed by atoms with Crippen LogP contribution >= 0.6 is 23.7 Å². The molecule has 5 aromatic rings. The highest BCUT2D eigenvalue weighted by Crippen LogP contribution is 2.35. The molecule has 494 valence electrons. The van der Waals surface area contributed by atoms with Crippen molar-refractivity contribution >= 4 is 70.7 Å². The van der Waals surface area contributed by atoms with Crippen LogP contribution in [0.3, 0.4) is 0 Å². The highest BCUT2D eigenvalue weighted by Gasteiger charge is 2.50. The first-order chi connectivity index (χ1) is 44.1. The van der Waals surface area contributed by atoms with Gasteiger partial charge in [0.2, 0.25) is 35.4 Å². The van der Waals surface area contributed by atoms with Gasteiger partial charge in [0.25, 0.3) is 18.2 Å². The largest absolute Gasteiger partial charge is 0.504 e. The fourth-order valence-electron chi connectivity index (χ4n) is 11.9. The van der Waals surface area contributed by atoms with E-state index in [2.05, 4.69) is 87.5 Å². The van der Waals surface area contributed by atoms with Crippen LogP contribution in [0.15, 0.2) is 97.1 Å². The van der Waals surface area contributed by atoms with Gasteiger partial charge in [0.05, 0.1) is 36.6 Å². The second kappa shape index (κ2) is 31.1. The van der Waals surface area contributed by atoms with Crippen LogP contribution in [0.5, 0.6) is 11.5 Å². The van der Waals surface area contributed by atoms with Gasteiger partial charge < -0.3 is 86.9 Å². The Labute approximate surface area is 536 Å². The van der Waals surface area contributed by atoms with Crippen LogP contribution in [0.4, 0.5) is 5.69 Å². The topological polar surface area (TPSA) is 431 Å². The van der Waals surface area contributed by atoms with Gasteiger partial charge >= 0.3 is 0 Å². The van der Waals surface area contributed by atoms with Gasteiger partial charge in [0.15, 0.2) is 11.5 Å². The van der Waals surface area contributed by atoms with E-state index in [0.717, 1.165) is 60.0 Å². The zero-order valence-electron chi connectivity index (χ0n) is 50.1. The lowest BCUT2D eigenvalue weighted by molar-refractivity contribution is -0.433. The van der Waals surface area contributed by atoms with Crippen LogP contribution in [0, 0.1) is 5.92 Å². The molecule has 5 heterocycles. The second-order valence-electron chi connectivity index (χ2n) is 23.4. The van der Waals surface area contributed by atoms with Crippen molar-refractivity contribution in [2.24, 2.45) is 11.7 Å². The number of hydrogen-bond donors (Lipinski definition) is 14. The maximum Gasteiger partial charge on any atom is 0.261 e. The van der Waals surface area contributed by atoms with Gasteiger partial charge in [-0.1, -0.05) is 76.2 Å². The molecule has 0 spiro atoms. The lowest BCUT2D eigenvalue weighted by atomic mass is 9.89. The average Bonchev–Trinajstić information content (AvgIpc) is 2.22. The lowest BCUT2D eigenvalue weighted by Gasteiger charge is -2.34. The molecule has 92 heavy (non-hydrogen) atoms. The summed E-state index contributed by atoms with van der Waals surface area (Å²) in [7, 11) is 0. The molecule has 0 radical (unpaired) electrons. The maximum absolute atomic E-state index is 14.7. The van der Waals surface area contributed by atoms with E-state index in [1.54, 1.807) is 12.1 Å². The Kier molecular flexibility index (Phi) is 23.2. The van der Waals surface area contributed by atoms with Crippen molar-refractivity contribution in [1.82, 2.24) is 46.6 Å². The molecule has 0 unspecified atom stereocenters. The number of aliphatic hydroxyl groups is 6. The summed E-state index contributed by atoms with van der Waals surface area (Å²) in [6.07, 6.45) is -10.1. The minimum atomic E-state index is -2.10. The number of nitrogens with two attached hydrogens (primary N) is 1. The van der Waals surface area contributed by atoms with E-state index in [1.807, 2.05) is 18.2 Å². The Bertz CT molecular complexity index is 3380. The molecule has 7 amide bonds. The molecular weight excluding hydrogens is 1240 g/mol. The zero-order valence-corrected chi connectivity index (χ0v) is 51.7. The van der Waals surface area contributed by atoms with E-state index in [9.17, 15) is 69.3 Å². The number of phenolic OH excluding ortho intramolecular Hbond substituents is 1. The highest BCUT2D eigenvalue weighted by atomic mass is 32.2. The molecule has 0 saturated carbocycles. The Hall–Kier alpha value is -7.92. The second-order valence-corrected chi connectivity index (χ2v) is 24.8. The fourth-order valence-corrected chi connectivity index (χ4v) is 13.0. The minimum absolute atomic E-state index is 0.0316. The molecule has 1 aromatic heterocycles. The first kappa shape index (κ1) is 68.4. The zero-order chi connectivity index (χ0) is 65.9. The van der Waals surface area contributed by atoms with Crippen molar-refractivity contribution in [2.45, 2.75) is 131 Å². The van der Waals surface area contributed by atoms with Gasteiger partial charge in [-0.2, -0.15) is 0 Å². The number of β-amino-alcohol motifs (C(OH)–C–C–N with tert-alkyl or cyclic N) is 1. The van der Waals surface area contributed by atoms with Crippen molar-refractivity contribution in [3.05, 3.63) is 114 Å². The average molecular weight is 1310 g/mol. The molecule has 29 nitrogen and oxygen atoms in total. The number of nitrogens with zero attached hydrogens (tertiary/aromatic N) is 5. The Morgan fingerprint density at radius 1 is 0.761 bits per heavy atom. The molecule has 4 aliphatic rings. The van der Waals surface area contributed by atoms with Gasteiger partial charge in [-0.05, 0) is 98.3 Å². The molecule has 15 N–H and O–H groups in total. The number of aromatic hydroxyl groups is 1. The smallest absolute Gasteiger partial charge is 0.261 e. The molecule has 4 saturated heterocycles. The number of rotatable bonds is 17. The third-order valence-electron chi connectivity index (χ3n) is 16.9. The monoisotopic (exact) mass is 1310 g/mol. The van der Waals surface area contributed by atoms with Gasteiger partial charge in [-0.3, -0.25) is 33.6 Å². The van der Waals surface area contributed by atoms with Crippen LogP contribution in [0.1, 0.15) is 73.4 Å². The summed E-state index contributed by atoms with van der Waals surface area (Å²) in [5.41, 5.74) is 9.90. The summed E-state index contributed by atoms with van der Waals surface area (Å²) < 4.78 is 9.34. The van der Waals surface area contributed by atoms with Crippen LogP contribution in [0.25, 0.3) is 21.1 Å². The van der Waals surface area contributed by atoms with Crippen LogP contribution < -0.4 is 41.4 Å². The fraction of sp³-hybridized carbons (Fsp3) is 0.459. The van der Waals surface area contributed by atoms with Crippen LogP contribution in [0.2, 0.25) is 0 Å². The Morgan fingerprint density at radius 3 is 2.05 bits per heavy atom.